The summed E-state index contributed by atoms with van der Waals surface area (Å²) >= 11 is 0. The molecule has 27 heavy (non-hydrogen) atoms. The van der Waals surface area contributed by atoms with Crippen molar-refractivity contribution in [2.24, 2.45) is 7.05 Å². The molecule has 3 aromatic rings. The molecule has 0 saturated carbocycles. The van der Waals surface area contributed by atoms with Crippen molar-refractivity contribution in [1.29, 1.82) is 0 Å². The third kappa shape index (κ3) is 4.57. The van der Waals surface area contributed by atoms with Gasteiger partial charge in [-0.25, -0.2) is 8.42 Å². The van der Waals surface area contributed by atoms with Crippen molar-refractivity contribution in [3.8, 4) is 0 Å². The first-order valence-corrected chi connectivity index (χ1v) is 10.2. The Balaban J connectivity index is 1.77. The van der Waals surface area contributed by atoms with Crippen molar-refractivity contribution >= 4 is 27.2 Å². The second-order valence-electron chi connectivity index (χ2n) is 6.47. The van der Waals surface area contributed by atoms with Crippen LogP contribution in [0.15, 0.2) is 60.7 Å². The van der Waals surface area contributed by atoms with Crippen LogP contribution in [-0.4, -0.2) is 25.0 Å². The summed E-state index contributed by atoms with van der Waals surface area (Å²) in [4.78, 5) is 12.7. The standard InChI is InChI=1S/C20H21N3O3S/c1-23-18(13-14-3-9-17(10-4-14)22-27(2,25)26)11-12-19(23)20(24)15-5-7-16(21)8-6-15/h3-12,22H,13,21H2,1-2H3. The van der Waals surface area contributed by atoms with Gasteiger partial charge in [0.15, 0.2) is 0 Å². The van der Waals surface area contributed by atoms with Gasteiger partial charge in [0, 0.05) is 36.1 Å². The number of hydrogen-bond acceptors (Lipinski definition) is 4. The third-order valence-corrected chi connectivity index (χ3v) is 4.88. The fourth-order valence-corrected chi connectivity index (χ4v) is 3.42. The molecule has 0 fully saturated rings. The lowest BCUT2D eigenvalue weighted by Crippen LogP contribution is -2.10. The van der Waals surface area contributed by atoms with E-state index in [2.05, 4.69) is 4.72 Å². The lowest BCUT2D eigenvalue weighted by atomic mass is 10.1. The number of carbonyl (C=O) groups is 1. The SMILES string of the molecule is Cn1c(Cc2ccc(NS(C)(=O)=O)cc2)ccc1C(=O)c1ccc(N)cc1. The van der Waals surface area contributed by atoms with Crippen LogP contribution in [0.5, 0.6) is 0 Å². The Hall–Kier alpha value is -3.06. The number of nitrogens with two attached hydrogens (primary N) is 1. The minimum atomic E-state index is -3.29. The summed E-state index contributed by atoms with van der Waals surface area (Å²) in [7, 11) is -1.43. The van der Waals surface area contributed by atoms with E-state index >= 15 is 0 Å². The number of aromatic nitrogens is 1. The molecule has 0 atom stereocenters. The third-order valence-electron chi connectivity index (χ3n) is 4.27. The number of rotatable bonds is 6. The quantitative estimate of drug-likeness (QED) is 0.505. The molecule has 0 bridgehead atoms. The van der Waals surface area contributed by atoms with Gasteiger partial charge in [0.25, 0.3) is 0 Å². The number of anilines is 2. The lowest BCUT2D eigenvalue weighted by molar-refractivity contribution is 0.103. The van der Waals surface area contributed by atoms with E-state index in [4.69, 9.17) is 5.73 Å². The van der Waals surface area contributed by atoms with Crippen molar-refractivity contribution in [3.05, 3.63) is 83.2 Å². The van der Waals surface area contributed by atoms with Gasteiger partial charge in [-0.3, -0.25) is 9.52 Å². The van der Waals surface area contributed by atoms with Crippen molar-refractivity contribution in [3.63, 3.8) is 0 Å². The van der Waals surface area contributed by atoms with Gasteiger partial charge in [-0.2, -0.15) is 0 Å². The number of hydrogen-bond donors (Lipinski definition) is 2. The zero-order valence-corrected chi connectivity index (χ0v) is 16.0. The molecule has 0 unspecified atom stereocenters. The average Bonchev–Trinajstić information content (AvgIpc) is 2.96. The largest absolute Gasteiger partial charge is 0.399 e. The van der Waals surface area contributed by atoms with Gasteiger partial charge in [0.05, 0.1) is 11.9 Å². The topological polar surface area (TPSA) is 94.2 Å². The minimum absolute atomic E-state index is 0.0588. The summed E-state index contributed by atoms with van der Waals surface area (Å²) in [5.41, 5.74) is 10.0. The molecule has 0 spiro atoms. The van der Waals surface area contributed by atoms with E-state index in [9.17, 15) is 13.2 Å². The highest BCUT2D eigenvalue weighted by molar-refractivity contribution is 7.92. The van der Waals surface area contributed by atoms with Crippen LogP contribution in [0.1, 0.15) is 27.3 Å². The summed E-state index contributed by atoms with van der Waals surface area (Å²) < 4.78 is 26.9. The fourth-order valence-electron chi connectivity index (χ4n) is 2.86. The fraction of sp³-hybridized carbons (Fsp3) is 0.150. The zero-order chi connectivity index (χ0) is 19.6. The molecule has 140 valence electrons. The van der Waals surface area contributed by atoms with Crippen LogP contribution in [-0.2, 0) is 23.5 Å². The van der Waals surface area contributed by atoms with Crippen LogP contribution in [0.4, 0.5) is 11.4 Å². The van der Waals surface area contributed by atoms with Crippen molar-refractivity contribution < 1.29 is 13.2 Å². The molecule has 3 rings (SSSR count). The Kier molecular flexibility index (Phi) is 5.05. The number of nitrogens with zero attached hydrogens (tertiary/aromatic N) is 1. The minimum Gasteiger partial charge on any atom is -0.399 e. The van der Waals surface area contributed by atoms with Crippen LogP contribution in [0.2, 0.25) is 0 Å². The summed E-state index contributed by atoms with van der Waals surface area (Å²) in [5.74, 6) is -0.0588. The maximum Gasteiger partial charge on any atom is 0.229 e. The molecule has 6 nitrogen and oxygen atoms in total. The van der Waals surface area contributed by atoms with E-state index in [1.807, 2.05) is 35.9 Å². The van der Waals surface area contributed by atoms with Crippen molar-refractivity contribution in [2.45, 2.75) is 6.42 Å². The van der Waals surface area contributed by atoms with Gasteiger partial charge in [0.1, 0.15) is 0 Å². The van der Waals surface area contributed by atoms with E-state index in [0.717, 1.165) is 17.5 Å². The molecule has 0 aliphatic carbocycles. The molecule has 0 aliphatic rings. The zero-order valence-electron chi connectivity index (χ0n) is 15.1. The van der Waals surface area contributed by atoms with E-state index in [-0.39, 0.29) is 5.78 Å². The van der Waals surface area contributed by atoms with Crippen LogP contribution in [0.3, 0.4) is 0 Å². The maximum absolute atomic E-state index is 12.7. The number of benzene rings is 2. The molecule has 0 saturated heterocycles. The summed E-state index contributed by atoms with van der Waals surface area (Å²) in [5, 5.41) is 0. The first-order valence-electron chi connectivity index (χ1n) is 8.34. The number of sulfonamides is 1. The molecule has 1 heterocycles. The van der Waals surface area contributed by atoms with Crippen LogP contribution in [0, 0.1) is 0 Å². The van der Waals surface area contributed by atoms with Gasteiger partial charge in [-0.05, 0) is 54.1 Å². The molecule has 7 heteroatoms. The molecule has 3 N–H and O–H groups in total. The Morgan fingerprint density at radius 3 is 2.22 bits per heavy atom. The highest BCUT2D eigenvalue weighted by atomic mass is 32.2. The van der Waals surface area contributed by atoms with E-state index in [0.29, 0.717) is 29.1 Å². The Bertz CT molecular complexity index is 1070. The first-order chi connectivity index (χ1) is 12.7. The van der Waals surface area contributed by atoms with Gasteiger partial charge in [0.2, 0.25) is 15.8 Å². The number of nitrogens with one attached hydrogen (secondary N) is 1. The summed E-state index contributed by atoms with van der Waals surface area (Å²) in [6, 6.07) is 17.8. The van der Waals surface area contributed by atoms with E-state index in [1.54, 1.807) is 36.4 Å². The van der Waals surface area contributed by atoms with Gasteiger partial charge in [-0.1, -0.05) is 12.1 Å². The molecular weight excluding hydrogens is 362 g/mol. The monoisotopic (exact) mass is 383 g/mol. The second kappa shape index (κ2) is 7.28. The molecule has 2 aromatic carbocycles. The number of nitrogen functional groups attached to an aromatic ring is 1. The Labute approximate surface area is 158 Å². The highest BCUT2D eigenvalue weighted by Crippen LogP contribution is 2.18. The summed E-state index contributed by atoms with van der Waals surface area (Å²) in [6.45, 7) is 0. The second-order valence-corrected chi connectivity index (χ2v) is 8.22. The normalized spacial score (nSPS) is 11.3. The molecule has 0 radical (unpaired) electrons. The van der Waals surface area contributed by atoms with Crippen molar-refractivity contribution in [1.82, 2.24) is 4.57 Å². The smallest absolute Gasteiger partial charge is 0.229 e. The Morgan fingerprint density at radius 2 is 1.63 bits per heavy atom. The van der Waals surface area contributed by atoms with E-state index < -0.39 is 10.0 Å². The maximum atomic E-state index is 12.7. The molecule has 0 amide bonds. The van der Waals surface area contributed by atoms with Gasteiger partial charge < -0.3 is 10.3 Å². The summed E-state index contributed by atoms with van der Waals surface area (Å²) in [6.07, 6.45) is 1.75. The van der Waals surface area contributed by atoms with Gasteiger partial charge >= 0.3 is 0 Å². The van der Waals surface area contributed by atoms with Crippen LogP contribution < -0.4 is 10.5 Å². The van der Waals surface area contributed by atoms with Crippen LogP contribution >= 0.6 is 0 Å². The first kappa shape index (κ1) is 18.7. The Morgan fingerprint density at radius 1 is 1.00 bits per heavy atom. The highest BCUT2D eigenvalue weighted by Gasteiger charge is 2.15. The predicted octanol–water partition coefficient (Wildman–Crippen LogP) is 2.80. The van der Waals surface area contributed by atoms with Crippen LogP contribution in [0.25, 0.3) is 0 Å². The molecule has 0 aliphatic heterocycles. The van der Waals surface area contributed by atoms with Crippen molar-refractivity contribution in [2.75, 3.05) is 16.7 Å². The number of carbonyl (C=O) groups excluding carboxylic acids is 1. The average molecular weight is 383 g/mol. The lowest BCUT2D eigenvalue weighted by Gasteiger charge is -2.09. The molecular formula is C20H21N3O3S. The molecule has 1 aromatic heterocycles. The van der Waals surface area contributed by atoms with Gasteiger partial charge in [-0.15, -0.1) is 0 Å². The predicted molar refractivity (Wildman–Crippen MR) is 107 cm³/mol. The van der Waals surface area contributed by atoms with E-state index in [1.165, 1.54) is 0 Å². The number of ketones is 1.